The maximum absolute atomic E-state index is 12.7. The topological polar surface area (TPSA) is 83.9 Å². The molecule has 0 bridgehead atoms. The van der Waals surface area contributed by atoms with Crippen LogP contribution in [0.4, 0.5) is 5.69 Å². The van der Waals surface area contributed by atoms with E-state index in [1.807, 2.05) is 19.1 Å². The van der Waals surface area contributed by atoms with Crippen molar-refractivity contribution in [3.05, 3.63) is 46.0 Å². The van der Waals surface area contributed by atoms with Gasteiger partial charge in [0.15, 0.2) is 0 Å². The van der Waals surface area contributed by atoms with E-state index in [2.05, 4.69) is 24.8 Å². The quantitative estimate of drug-likeness (QED) is 0.376. The van der Waals surface area contributed by atoms with Gasteiger partial charge in [0.25, 0.3) is 0 Å². The van der Waals surface area contributed by atoms with E-state index in [9.17, 15) is 18.3 Å². The summed E-state index contributed by atoms with van der Waals surface area (Å²) in [5, 5.41) is 11.3. The highest BCUT2D eigenvalue weighted by Gasteiger charge is 2.56. The second kappa shape index (κ2) is 9.55. The summed E-state index contributed by atoms with van der Waals surface area (Å²) in [7, 11) is -3.44. The summed E-state index contributed by atoms with van der Waals surface area (Å²) in [5.41, 5.74) is 7.73. The molecule has 6 nitrogen and oxygen atoms in total. The molecule has 0 unspecified atom stereocenters. The fraction of sp³-hybridized carbons (Fsp3) is 0.545. The number of esters is 1. The number of rotatable bonds is 3. The third-order valence-electron chi connectivity index (χ3n) is 10.5. The van der Waals surface area contributed by atoms with Crippen molar-refractivity contribution in [3.63, 3.8) is 0 Å². The summed E-state index contributed by atoms with van der Waals surface area (Å²) < 4.78 is 32.6. The van der Waals surface area contributed by atoms with Gasteiger partial charge in [-0.05, 0) is 116 Å². The van der Waals surface area contributed by atoms with E-state index in [1.165, 1.54) is 28.6 Å². The van der Waals surface area contributed by atoms with Crippen LogP contribution in [0.1, 0.15) is 86.6 Å². The average Bonchev–Trinajstić information content (AvgIpc) is 3.46. The maximum atomic E-state index is 12.7. The molecular formula is C33H39NO5S. The molecule has 6 rings (SSSR count). The summed E-state index contributed by atoms with van der Waals surface area (Å²) >= 11 is 0. The molecule has 0 saturated heterocycles. The average molecular weight is 562 g/mol. The number of anilines is 1. The number of aromatic hydroxyl groups is 1. The molecule has 7 heteroatoms. The number of carbonyl (C=O) groups is 1. The van der Waals surface area contributed by atoms with Crippen LogP contribution < -0.4 is 4.31 Å². The van der Waals surface area contributed by atoms with Crippen molar-refractivity contribution < 1.29 is 23.1 Å². The van der Waals surface area contributed by atoms with Gasteiger partial charge in [-0.1, -0.05) is 18.9 Å². The predicted molar refractivity (Wildman–Crippen MR) is 157 cm³/mol. The second-order valence-electron chi connectivity index (χ2n) is 12.5. The lowest BCUT2D eigenvalue weighted by Crippen LogP contribution is -2.45. The molecule has 5 atom stereocenters. The molecule has 1 heterocycles. The molecule has 3 aliphatic carbocycles. The lowest BCUT2D eigenvalue weighted by molar-refractivity contribution is -0.154. The van der Waals surface area contributed by atoms with Crippen molar-refractivity contribution in [3.8, 4) is 28.7 Å². The molecule has 1 N–H and O–H groups in total. The van der Waals surface area contributed by atoms with E-state index in [1.54, 1.807) is 6.92 Å². The summed E-state index contributed by atoms with van der Waals surface area (Å²) in [5.74, 6) is 7.77. The van der Waals surface area contributed by atoms with Crippen molar-refractivity contribution >= 4 is 21.7 Å². The summed E-state index contributed by atoms with van der Waals surface area (Å²) in [6.07, 6.45) is 7.83. The Kier molecular flexibility index (Phi) is 6.49. The smallest absolute Gasteiger partial charge is 0.302 e. The molecule has 0 aromatic heterocycles. The van der Waals surface area contributed by atoms with Gasteiger partial charge in [-0.3, -0.25) is 9.10 Å². The molecule has 212 valence electrons. The van der Waals surface area contributed by atoms with Crippen LogP contribution in [-0.4, -0.2) is 38.4 Å². The van der Waals surface area contributed by atoms with Crippen LogP contribution in [0.5, 0.6) is 5.75 Å². The van der Waals surface area contributed by atoms with Gasteiger partial charge in [0.1, 0.15) is 11.9 Å². The maximum Gasteiger partial charge on any atom is 0.302 e. The van der Waals surface area contributed by atoms with Crippen molar-refractivity contribution in [1.29, 1.82) is 0 Å². The highest BCUT2D eigenvalue weighted by atomic mass is 32.2. The number of nitrogens with zero attached hydrogens (tertiary/aromatic N) is 1. The van der Waals surface area contributed by atoms with Gasteiger partial charge in [0.05, 0.1) is 11.9 Å². The fourth-order valence-corrected chi connectivity index (χ4v) is 9.77. The van der Waals surface area contributed by atoms with Crippen molar-refractivity contribution in [1.82, 2.24) is 0 Å². The van der Waals surface area contributed by atoms with Gasteiger partial charge in [-0.15, -0.1) is 5.92 Å². The number of sulfonamides is 1. The zero-order chi connectivity index (χ0) is 28.6. The number of benzene rings is 2. The first-order chi connectivity index (χ1) is 19.0. The third-order valence-corrected chi connectivity index (χ3v) is 11.7. The Labute approximate surface area is 238 Å². The molecule has 0 spiro atoms. The van der Waals surface area contributed by atoms with Crippen LogP contribution in [-0.2, 0) is 32.4 Å². The van der Waals surface area contributed by atoms with Crippen molar-refractivity contribution in [2.24, 2.45) is 17.3 Å². The van der Waals surface area contributed by atoms with Crippen LogP contribution in [0.3, 0.4) is 0 Å². The van der Waals surface area contributed by atoms with Crippen LogP contribution in [0.25, 0.3) is 11.1 Å². The van der Waals surface area contributed by atoms with Crippen LogP contribution >= 0.6 is 0 Å². The Morgan fingerprint density at radius 1 is 1.15 bits per heavy atom. The lowest BCUT2D eigenvalue weighted by atomic mass is 9.55. The summed E-state index contributed by atoms with van der Waals surface area (Å²) in [6.45, 7) is 8.09. The van der Waals surface area contributed by atoms with E-state index < -0.39 is 10.0 Å². The molecule has 2 aromatic rings. The van der Waals surface area contributed by atoms with Crippen LogP contribution in [0.15, 0.2) is 18.2 Å². The van der Waals surface area contributed by atoms with E-state index in [-0.39, 0.29) is 23.2 Å². The van der Waals surface area contributed by atoms with E-state index >= 15 is 0 Å². The molecular weight excluding hydrogens is 522 g/mol. The van der Waals surface area contributed by atoms with Crippen molar-refractivity contribution in [2.75, 3.05) is 17.1 Å². The first kappa shape index (κ1) is 27.2. The Bertz CT molecular complexity index is 1580. The van der Waals surface area contributed by atoms with Gasteiger partial charge in [-0.2, -0.15) is 0 Å². The van der Waals surface area contributed by atoms with Gasteiger partial charge in [-0.25, -0.2) is 8.42 Å². The summed E-state index contributed by atoms with van der Waals surface area (Å²) in [4.78, 5) is 11.8. The molecule has 1 aliphatic heterocycles. The Balaban J connectivity index is 1.46. The lowest BCUT2D eigenvalue weighted by Gasteiger charge is -2.50. The first-order valence-corrected chi connectivity index (χ1v) is 16.4. The fourth-order valence-electron chi connectivity index (χ4n) is 8.83. The zero-order valence-corrected chi connectivity index (χ0v) is 25.0. The monoisotopic (exact) mass is 561 g/mol. The molecule has 2 aromatic carbocycles. The Morgan fingerprint density at radius 2 is 1.93 bits per heavy atom. The highest BCUT2D eigenvalue weighted by Crippen LogP contribution is 2.62. The first-order valence-electron chi connectivity index (χ1n) is 14.5. The predicted octanol–water partition coefficient (Wildman–Crippen LogP) is 5.85. The Morgan fingerprint density at radius 3 is 2.62 bits per heavy atom. The minimum atomic E-state index is -3.44. The number of fused-ring (bicyclic) bond motifs is 6. The number of ether oxygens (including phenoxy) is 1. The SMILES string of the molecule is CC#Cc1c(C)c(-c2c(O)ccc3c2CC[C@@H]2[C@@H]3CC[C@]3(C)[C@@H](OC(C)=O)CC[C@@H]23)cc2c1CCN2S(C)(=O)=O. The largest absolute Gasteiger partial charge is 0.507 e. The standard InChI is InChI=1S/C33H39NO5S/c1-6-7-21-19(2)27(18-29-25(21)15-17-34(29)40(5,37)38)32-26-9-8-24-23(22(26)10-12-30(32)36)14-16-33(4)28(24)11-13-31(33)39-20(3)35/h10,12,18,23-24,28,31,36H,8-9,11,13-17H2,1-5H3/t23-,24-,28+,31+,33+/m1/s1. The van der Waals surface area contributed by atoms with Gasteiger partial charge in [0.2, 0.25) is 10.0 Å². The third kappa shape index (κ3) is 4.05. The van der Waals surface area contributed by atoms with Gasteiger partial charge in [0, 0.05) is 30.0 Å². The molecule has 0 amide bonds. The number of hydrogen-bond donors (Lipinski definition) is 1. The number of phenolic OH excluding ortho intramolecular Hbond substituents is 1. The van der Waals surface area contributed by atoms with Gasteiger partial charge >= 0.3 is 5.97 Å². The molecule has 4 aliphatic rings. The van der Waals surface area contributed by atoms with Crippen molar-refractivity contribution in [2.45, 2.75) is 84.7 Å². The number of carbonyl (C=O) groups excluding carboxylic acids is 1. The zero-order valence-electron chi connectivity index (χ0n) is 24.1. The molecule has 40 heavy (non-hydrogen) atoms. The number of phenols is 1. The second-order valence-corrected chi connectivity index (χ2v) is 14.5. The Hall–Kier alpha value is -2.98. The highest BCUT2D eigenvalue weighted by molar-refractivity contribution is 7.92. The molecule has 0 radical (unpaired) electrons. The van der Waals surface area contributed by atoms with E-state index in [0.29, 0.717) is 36.4 Å². The summed E-state index contributed by atoms with van der Waals surface area (Å²) in [6, 6.07) is 5.91. The van der Waals surface area contributed by atoms with Crippen LogP contribution in [0, 0.1) is 36.0 Å². The van der Waals surface area contributed by atoms with E-state index in [4.69, 9.17) is 4.74 Å². The van der Waals surface area contributed by atoms with E-state index in [0.717, 1.165) is 66.3 Å². The van der Waals surface area contributed by atoms with Crippen LogP contribution in [0.2, 0.25) is 0 Å². The molecule has 2 fully saturated rings. The van der Waals surface area contributed by atoms with Gasteiger partial charge < -0.3 is 9.84 Å². The minimum Gasteiger partial charge on any atom is -0.507 e. The molecule has 2 saturated carbocycles. The normalized spacial score (nSPS) is 28.6. The number of hydrogen-bond acceptors (Lipinski definition) is 5. The minimum absolute atomic E-state index is 0.00215.